The molecule has 1 saturated heterocycles. The van der Waals surface area contributed by atoms with Gasteiger partial charge in [-0.3, -0.25) is 4.79 Å². The molecule has 4 heteroatoms. The van der Waals surface area contributed by atoms with E-state index >= 15 is 0 Å². The average molecular weight is 220 g/mol. The van der Waals surface area contributed by atoms with Crippen molar-refractivity contribution in [1.29, 1.82) is 0 Å². The number of ether oxygens (including phenoxy) is 1. The summed E-state index contributed by atoms with van der Waals surface area (Å²) in [6.45, 7) is 1.83. The summed E-state index contributed by atoms with van der Waals surface area (Å²) < 4.78 is 5.32. The second-order valence-electron chi connectivity index (χ2n) is 3.90. The molecular formula is C12H16N2O2. The first-order valence-corrected chi connectivity index (χ1v) is 5.68. The molecule has 2 rings (SSSR count). The van der Waals surface area contributed by atoms with E-state index in [4.69, 9.17) is 4.74 Å². The van der Waals surface area contributed by atoms with Crippen LogP contribution in [-0.4, -0.2) is 35.5 Å². The summed E-state index contributed by atoms with van der Waals surface area (Å²) in [5.41, 5.74) is 0. The van der Waals surface area contributed by atoms with Gasteiger partial charge in [0.2, 0.25) is 5.88 Å². The van der Waals surface area contributed by atoms with E-state index in [1.165, 1.54) is 6.42 Å². The van der Waals surface area contributed by atoms with E-state index < -0.39 is 0 Å². The highest BCUT2D eigenvalue weighted by atomic mass is 16.5. The summed E-state index contributed by atoms with van der Waals surface area (Å²) in [4.78, 5) is 17.6. The van der Waals surface area contributed by atoms with Crippen LogP contribution in [0.1, 0.15) is 19.3 Å². The van der Waals surface area contributed by atoms with Gasteiger partial charge in [0.1, 0.15) is 0 Å². The Kier molecular flexibility index (Phi) is 3.75. The van der Waals surface area contributed by atoms with Crippen LogP contribution in [0.4, 0.5) is 0 Å². The maximum atomic E-state index is 11.7. The van der Waals surface area contributed by atoms with Gasteiger partial charge in [0.15, 0.2) is 6.61 Å². The van der Waals surface area contributed by atoms with Crippen LogP contribution in [0.25, 0.3) is 0 Å². The topological polar surface area (TPSA) is 42.4 Å². The van der Waals surface area contributed by atoms with Gasteiger partial charge < -0.3 is 9.64 Å². The van der Waals surface area contributed by atoms with E-state index in [-0.39, 0.29) is 12.5 Å². The van der Waals surface area contributed by atoms with Crippen molar-refractivity contribution >= 4 is 5.91 Å². The number of carbonyl (C=O) groups excluding carboxylic acids is 1. The summed E-state index contributed by atoms with van der Waals surface area (Å²) in [5, 5.41) is 0. The van der Waals surface area contributed by atoms with Crippen molar-refractivity contribution in [3.8, 4) is 5.88 Å². The molecule has 0 bridgehead atoms. The van der Waals surface area contributed by atoms with Gasteiger partial charge in [-0.05, 0) is 25.3 Å². The molecule has 0 saturated carbocycles. The van der Waals surface area contributed by atoms with E-state index in [1.54, 1.807) is 12.3 Å². The first-order valence-electron chi connectivity index (χ1n) is 5.68. The number of aromatic nitrogens is 1. The van der Waals surface area contributed by atoms with Gasteiger partial charge in [0.25, 0.3) is 5.91 Å². The van der Waals surface area contributed by atoms with Crippen LogP contribution in [0, 0.1) is 0 Å². The summed E-state index contributed by atoms with van der Waals surface area (Å²) in [6.07, 6.45) is 5.09. The van der Waals surface area contributed by atoms with E-state index in [0.717, 1.165) is 25.9 Å². The second-order valence-corrected chi connectivity index (χ2v) is 3.90. The number of nitrogens with zero attached hydrogens (tertiary/aromatic N) is 2. The third kappa shape index (κ3) is 2.95. The molecule has 0 N–H and O–H groups in total. The Morgan fingerprint density at radius 3 is 2.81 bits per heavy atom. The van der Waals surface area contributed by atoms with Gasteiger partial charge in [0.05, 0.1) is 0 Å². The minimum absolute atomic E-state index is 0.0605. The highest BCUT2D eigenvalue weighted by Crippen LogP contribution is 2.09. The van der Waals surface area contributed by atoms with Crippen molar-refractivity contribution in [2.45, 2.75) is 19.3 Å². The molecule has 1 aromatic heterocycles. The zero-order chi connectivity index (χ0) is 11.2. The molecule has 1 amide bonds. The zero-order valence-electron chi connectivity index (χ0n) is 9.26. The highest BCUT2D eigenvalue weighted by molar-refractivity contribution is 5.77. The number of amides is 1. The van der Waals surface area contributed by atoms with Gasteiger partial charge in [0, 0.05) is 25.4 Å². The smallest absolute Gasteiger partial charge is 0.260 e. The fraction of sp³-hybridized carbons (Fsp3) is 0.500. The van der Waals surface area contributed by atoms with Crippen LogP contribution in [-0.2, 0) is 4.79 Å². The predicted molar refractivity (Wildman–Crippen MR) is 60.2 cm³/mol. The molecule has 0 atom stereocenters. The summed E-state index contributed by atoms with van der Waals surface area (Å²) >= 11 is 0. The number of piperidine rings is 1. The van der Waals surface area contributed by atoms with Crippen molar-refractivity contribution in [1.82, 2.24) is 9.88 Å². The molecule has 4 nitrogen and oxygen atoms in total. The van der Waals surface area contributed by atoms with Gasteiger partial charge >= 0.3 is 0 Å². The normalized spacial score (nSPS) is 15.9. The number of pyridine rings is 1. The SMILES string of the molecule is O=C(COc1ccccn1)N1CCCCC1. The molecule has 86 valence electrons. The van der Waals surface area contributed by atoms with Crippen molar-refractivity contribution in [3.63, 3.8) is 0 Å². The monoisotopic (exact) mass is 220 g/mol. The minimum Gasteiger partial charge on any atom is -0.468 e. The van der Waals surface area contributed by atoms with Gasteiger partial charge in [-0.2, -0.15) is 0 Å². The molecule has 1 fully saturated rings. The highest BCUT2D eigenvalue weighted by Gasteiger charge is 2.16. The Bertz CT molecular complexity index is 334. The lowest BCUT2D eigenvalue weighted by Crippen LogP contribution is -2.38. The van der Waals surface area contributed by atoms with Crippen LogP contribution in [0.15, 0.2) is 24.4 Å². The van der Waals surface area contributed by atoms with Crippen LogP contribution < -0.4 is 4.74 Å². The molecular weight excluding hydrogens is 204 g/mol. The van der Waals surface area contributed by atoms with Gasteiger partial charge in [-0.1, -0.05) is 6.07 Å². The lowest BCUT2D eigenvalue weighted by molar-refractivity contribution is -0.134. The number of carbonyl (C=O) groups is 1. The molecule has 16 heavy (non-hydrogen) atoms. The lowest BCUT2D eigenvalue weighted by atomic mass is 10.1. The molecule has 0 radical (unpaired) electrons. The van der Waals surface area contributed by atoms with E-state index in [9.17, 15) is 4.79 Å². The first kappa shape index (κ1) is 10.9. The molecule has 1 aliphatic heterocycles. The molecule has 0 spiro atoms. The molecule has 1 aliphatic rings. The van der Waals surface area contributed by atoms with E-state index in [1.807, 2.05) is 17.0 Å². The number of likely N-dealkylation sites (tertiary alicyclic amines) is 1. The van der Waals surface area contributed by atoms with Crippen molar-refractivity contribution in [3.05, 3.63) is 24.4 Å². The third-order valence-corrected chi connectivity index (χ3v) is 2.69. The van der Waals surface area contributed by atoms with Gasteiger partial charge in [-0.15, -0.1) is 0 Å². The number of hydrogen-bond donors (Lipinski definition) is 0. The van der Waals surface area contributed by atoms with E-state index in [0.29, 0.717) is 5.88 Å². The zero-order valence-corrected chi connectivity index (χ0v) is 9.26. The Labute approximate surface area is 95.2 Å². The summed E-state index contributed by atoms with van der Waals surface area (Å²) in [7, 11) is 0. The molecule has 2 heterocycles. The fourth-order valence-electron chi connectivity index (χ4n) is 1.80. The third-order valence-electron chi connectivity index (χ3n) is 2.69. The molecule has 0 aliphatic carbocycles. The van der Waals surface area contributed by atoms with Crippen molar-refractivity contribution in [2.24, 2.45) is 0 Å². The molecule has 0 unspecified atom stereocenters. The second kappa shape index (κ2) is 5.49. The van der Waals surface area contributed by atoms with Crippen LogP contribution in [0.5, 0.6) is 5.88 Å². The van der Waals surface area contributed by atoms with Gasteiger partial charge in [-0.25, -0.2) is 4.98 Å². The Morgan fingerprint density at radius 1 is 1.31 bits per heavy atom. The number of rotatable bonds is 3. The Hall–Kier alpha value is -1.58. The van der Waals surface area contributed by atoms with Crippen LogP contribution in [0.3, 0.4) is 0 Å². The lowest BCUT2D eigenvalue weighted by Gasteiger charge is -2.26. The molecule has 0 aromatic carbocycles. The quantitative estimate of drug-likeness (QED) is 0.774. The van der Waals surface area contributed by atoms with Crippen LogP contribution >= 0.6 is 0 Å². The van der Waals surface area contributed by atoms with E-state index in [2.05, 4.69) is 4.98 Å². The van der Waals surface area contributed by atoms with Crippen LogP contribution in [0.2, 0.25) is 0 Å². The summed E-state index contributed by atoms with van der Waals surface area (Å²) in [6, 6.07) is 5.41. The maximum absolute atomic E-state index is 11.7. The summed E-state index contributed by atoms with van der Waals surface area (Å²) in [5.74, 6) is 0.568. The Morgan fingerprint density at radius 2 is 2.12 bits per heavy atom. The predicted octanol–water partition coefficient (Wildman–Crippen LogP) is 1.47. The Balaban J connectivity index is 1.79. The molecule has 1 aromatic rings. The average Bonchev–Trinajstić information content (AvgIpc) is 2.38. The largest absolute Gasteiger partial charge is 0.468 e. The minimum atomic E-state index is 0.0605. The number of hydrogen-bond acceptors (Lipinski definition) is 3. The standard InChI is InChI=1S/C12H16N2O2/c15-12(14-8-4-1-5-9-14)10-16-11-6-2-3-7-13-11/h2-3,6-7H,1,4-5,8-10H2. The van der Waals surface area contributed by atoms with Crippen molar-refractivity contribution in [2.75, 3.05) is 19.7 Å². The fourth-order valence-corrected chi connectivity index (χ4v) is 1.80. The van der Waals surface area contributed by atoms with Crippen molar-refractivity contribution < 1.29 is 9.53 Å². The maximum Gasteiger partial charge on any atom is 0.260 e. The first-order chi connectivity index (χ1) is 7.86.